The number of amides is 2. The third-order valence-corrected chi connectivity index (χ3v) is 9.00. The van der Waals surface area contributed by atoms with Gasteiger partial charge in [-0.3, -0.25) is 9.59 Å². The van der Waals surface area contributed by atoms with Crippen molar-refractivity contribution in [3.63, 3.8) is 0 Å². The summed E-state index contributed by atoms with van der Waals surface area (Å²) in [7, 11) is -2.11. The average molecular weight is 504 g/mol. The van der Waals surface area contributed by atoms with Crippen molar-refractivity contribution in [2.45, 2.75) is 47.6 Å². The minimum Gasteiger partial charge on any atom is -0.497 e. The van der Waals surface area contributed by atoms with Crippen molar-refractivity contribution < 1.29 is 22.7 Å². The van der Waals surface area contributed by atoms with Crippen molar-refractivity contribution in [2.24, 2.45) is 0 Å². The van der Waals surface area contributed by atoms with E-state index in [2.05, 4.69) is 5.32 Å². The number of thioether (sulfide) groups is 1. The Balaban J connectivity index is 1.61. The van der Waals surface area contributed by atoms with E-state index >= 15 is 0 Å². The first kappa shape index (κ1) is 24.6. The fraction of sp³-hybridized carbons (Fsp3) is 0.417. The zero-order chi connectivity index (χ0) is 24.3. The molecule has 2 aromatic rings. The second-order valence-corrected chi connectivity index (χ2v) is 11.9. The molecule has 2 aliphatic heterocycles. The summed E-state index contributed by atoms with van der Waals surface area (Å²) in [6.07, 6.45) is 2.96. The number of methoxy groups -OCH3 is 1. The molecule has 2 aliphatic rings. The van der Waals surface area contributed by atoms with Gasteiger partial charge in [-0.25, -0.2) is 8.42 Å². The maximum absolute atomic E-state index is 13.3. The Morgan fingerprint density at radius 1 is 1.12 bits per heavy atom. The highest BCUT2D eigenvalue weighted by Gasteiger charge is 2.31. The maximum atomic E-state index is 13.3. The van der Waals surface area contributed by atoms with Gasteiger partial charge in [-0.1, -0.05) is 13.3 Å². The number of carbonyl (C=O) groups is 2. The molecule has 8 nitrogen and oxygen atoms in total. The molecule has 34 heavy (non-hydrogen) atoms. The largest absolute Gasteiger partial charge is 0.497 e. The molecule has 1 atom stereocenters. The van der Waals surface area contributed by atoms with E-state index in [1.807, 2.05) is 6.92 Å². The van der Waals surface area contributed by atoms with Gasteiger partial charge in [0, 0.05) is 35.3 Å². The number of nitrogens with zero attached hydrogens (tertiary/aromatic N) is 2. The predicted octanol–water partition coefficient (Wildman–Crippen LogP) is 3.73. The van der Waals surface area contributed by atoms with E-state index in [4.69, 9.17) is 4.74 Å². The summed E-state index contributed by atoms with van der Waals surface area (Å²) in [6, 6.07) is 11.8. The standard InChI is InChI=1S/C24H29N3O5S2/c1-17-14-24(29)27(16-23(28)25-18-6-8-19(32-2)9-7-18)21-15-20(10-11-22(21)33-17)34(30,31)26-12-4-3-5-13-26/h6-11,15,17H,3-5,12-14,16H2,1-2H3,(H,25,28)/t17-/m1/s1. The van der Waals surface area contributed by atoms with Crippen LogP contribution in [0.15, 0.2) is 52.3 Å². The van der Waals surface area contributed by atoms with Crippen molar-refractivity contribution in [3.8, 4) is 5.75 Å². The Morgan fingerprint density at radius 2 is 1.82 bits per heavy atom. The highest BCUT2D eigenvalue weighted by molar-refractivity contribution is 8.00. The molecule has 0 aliphatic carbocycles. The number of ether oxygens (including phenoxy) is 1. The molecule has 0 bridgehead atoms. The molecule has 0 aromatic heterocycles. The lowest BCUT2D eigenvalue weighted by Gasteiger charge is -2.27. The lowest BCUT2D eigenvalue weighted by Crippen LogP contribution is -2.39. The molecule has 1 fully saturated rings. The maximum Gasteiger partial charge on any atom is 0.244 e. The molecule has 1 saturated heterocycles. The lowest BCUT2D eigenvalue weighted by molar-refractivity contribution is -0.121. The van der Waals surface area contributed by atoms with E-state index in [0.29, 0.717) is 30.2 Å². The zero-order valence-corrected chi connectivity index (χ0v) is 21.0. The van der Waals surface area contributed by atoms with Gasteiger partial charge >= 0.3 is 0 Å². The second kappa shape index (κ2) is 10.4. The quantitative estimate of drug-likeness (QED) is 0.645. The number of rotatable bonds is 6. The minimum absolute atomic E-state index is 0.00505. The van der Waals surface area contributed by atoms with Crippen molar-refractivity contribution in [3.05, 3.63) is 42.5 Å². The van der Waals surface area contributed by atoms with Gasteiger partial charge in [0.1, 0.15) is 12.3 Å². The van der Waals surface area contributed by atoms with Crippen LogP contribution in [0.1, 0.15) is 32.6 Å². The predicted molar refractivity (Wildman–Crippen MR) is 133 cm³/mol. The van der Waals surface area contributed by atoms with Gasteiger partial charge in [0.25, 0.3) is 0 Å². The fourth-order valence-electron chi connectivity index (χ4n) is 4.16. The SMILES string of the molecule is COc1ccc(NC(=O)CN2C(=O)C[C@@H](C)Sc3ccc(S(=O)(=O)N4CCCCC4)cc32)cc1. The van der Waals surface area contributed by atoms with Crippen LogP contribution in [0.25, 0.3) is 0 Å². The summed E-state index contributed by atoms with van der Waals surface area (Å²) in [4.78, 5) is 28.3. The van der Waals surface area contributed by atoms with Crippen LogP contribution in [0, 0.1) is 0 Å². The first-order valence-corrected chi connectivity index (χ1v) is 13.6. The molecule has 2 amide bonds. The smallest absolute Gasteiger partial charge is 0.244 e. The Hall–Kier alpha value is -2.56. The van der Waals surface area contributed by atoms with Crippen molar-refractivity contribution in [2.75, 3.05) is 37.0 Å². The van der Waals surface area contributed by atoms with Crippen LogP contribution in [0.3, 0.4) is 0 Å². The topological polar surface area (TPSA) is 96.0 Å². The Kier molecular flexibility index (Phi) is 7.49. The van der Waals surface area contributed by atoms with E-state index in [9.17, 15) is 18.0 Å². The normalized spacial score (nSPS) is 19.3. The van der Waals surface area contributed by atoms with Gasteiger partial charge < -0.3 is 15.0 Å². The number of sulfonamides is 1. The second-order valence-electron chi connectivity index (χ2n) is 8.48. The van der Waals surface area contributed by atoms with Crippen molar-refractivity contribution in [1.82, 2.24) is 4.31 Å². The molecule has 182 valence electrons. The number of carbonyl (C=O) groups excluding carboxylic acids is 2. The van der Waals surface area contributed by atoms with Crippen molar-refractivity contribution >= 4 is 45.0 Å². The fourth-order valence-corrected chi connectivity index (χ4v) is 6.80. The Bertz CT molecular complexity index is 1160. The first-order valence-electron chi connectivity index (χ1n) is 11.3. The summed E-state index contributed by atoms with van der Waals surface area (Å²) < 4.78 is 33.1. The first-order chi connectivity index (χ1) is 16.3. The van der Waals surface area contributed by atoms with E-state index in [1.54, 1.807) is 49.6 Å². The summed E-state index contributed by atoms with van der Waals surface area (Å²) >= 11 is 1.51. The van der Waals surface area contributed by atoms with Gasteiger partial charge in [-0.15, -0.1) is 11.8 Å². The van der Waals surface area contributed by atoms with Gasteiger partial charge in [-0.2, -0.15) is 4.31 Å². The van der Waals surface area contributed by atoms with Crippen molar-refractivity contribution in [1.29, 1.82) is 0 Å². The van der Waals surface area contributed by atoms with Crippen LogP contribution >= 0.6 is 11.8 Å². The lowest BCUT2D eigenvalue weighted by atomic mass is 10.2. The van der Waals surface area contributed by atoms with E-state index in [-0.39, 0.29) is 34.9 Å². The van der Waals surface area contributed by atoms with Crippen LogP contribution in [0.2, 0.25) is 0 Å². The summed E-state index contributed by atoms with van der Waals surface area (Å²) in [5.74, 6) is 0.0903. The van der Waals surface area contributed by atoms with Crippen LogP contribution in [-0.2, 0) is 19.6 Å². The number of benzene rings is 2. The van der Waals surface area contributed by atoms with Crippen LogP contribution < -0.4 is 15.0 Å². The number of hydrogen-bond acceptors (Lipinski definition) is 6. The summed E-state index contributed by atoms with van der Waals surface area (Å²) in [5.41, 5.74) is 1.04. The number of hydrogen-bond donors (Lipinski definition) is 1. The number of fused-ring (bicyclic) bond motifs is 1. The van der Waals surface area contributed by atoms with Gasteiger partial charge in [0.2, 0.25) is 21.8 Å². The number of piperidine rings is 1. The molecular formula is C24H29N3O5S2. The van der Waals surface area contributed by atoms with E-state index < -0.39 is 10.0 Å². The molecular weight excluding hydrogens is 474 g/mol. The van der Waals surface area contributed by atoms with E-state index in [1.165, 1.54) is 21.0 Å². The monoisotopic (exact) mass is 503 g/mol. The van der Waals surface area contributed by atoms with E-state index in [0.717, 1.165) is 24.2 Å². The van der Waals surface area contributed by atoms with Crippen LogP contribution in [-0.4, -0.2) is 56.5 Å². The van der Waals surface area contributed by atoms with Gasteiger partial charge in [-0.05, 0) is 55.3 Å². The van der Waals surface area contributed by atoms with Gasteiger partial charge in [0.05, 0.1) is 17.7 Å². The summed E-state index contributed by atoms with van der Waals surface area (Å²) in [6.45, 7) is 2.74. The highest BCUT2D eigenvalue weighted by Crippen LogP contribution is 2.39. The minimum atomic E-state index is -3.67. The molecule has 2 aromatic carbocycles. The number of anilines is 2. The third kappa shape index (κ3) is 5.39. The molecule has 0 unspecified atom stereocenters. The molecule has 2 heterocycles. The molecule has 0 saturated carbocycles. The molecule has 0 spiro atoms. The Labute approximate surface area is 204 Å². The average Bonchev–Trinajstić information content (AvgIpc) is 2.94. The molecule has 4 rings (SSSR count). The Morgan fingerprint density at radius 3 is 2.50 bits per heavy atom. The number of nitrogens with one attached hydrogen (secondary N) is 1. The molecule has 0 radical (unpaired) electrons. The van der Waals surface area contributed by atoms with Gasteiger partial charge in [0.15, 0.2) is 0 Å². The highest BCUT2D eigenvalue weighted by atomic mass is 32.2. The third-order valence-electron chi connectivity index (χ3n) is 5.94. The van der Waals surface area contributed by atoms with Crippen LogP contribution in [0.4, 0.5) is 11.4 Å². The van der Waals surface area contributed by atoms with Crippen LogP contribution in [0.5, 0.6) is 5.75 Å². The molecule has 1 N–H and O–H groups in total. The molecule has 10 heteroatoms. The zero-order valence-electron chi connectivity index (χ0n) is 19.3. The summed E-state index contributed by atoms with van der Waals surface area (Å²) in [5, 5.41) is 2.80.